The van der Waals surface area contributed by atoms with Gasteiger partial charge in [-0.25, -0.2) is 0 Å². The second-order valence-electron chi connectivity index (χ2n) is 2.87. The normalized spacial score (nSPS) is 12.6. The van der Waals surface area contributed by atoms with Gasteiger partial charge in [0.05, 0.1) is 11.4 Å². The molecule has 2 heterocycles. The van der Waals surface area contributed by atoms with Crippen LogP contribution in [0.2, 0.25) is 0 Å². The number of aromatic nitrogens is 3. The molecule has 5 heteroatoms. The summed E-state index contributed by atoms with van der Waals surface area (Å²) in [4.78, 5) is 4.06. The van der Waals surface area contributed by atoms with E-state index in [1.54, 1.807) is 12.3 Å². The third-order valence-electron chi connectivity index (χ3n) is 1.84. The van der Waals surface area contributed by atoms with Crippen molar-refractivity contribution < 1.29 is 5.11 Å². The summed E-state index contributed by atoms with van der Waals surface area (Å²) in [6.45, 7) is 0. The minimum absolute atomic E-state index is 0.466. The largest absolute Gasteiger partial charge is 0.386 e. The van der Waals surface area contributed by atoms with Crippen LogP contribution in [0.15, 0.2) is 29.8 Å². The quantitative estimate of drug-likeness (QED) is 0.821. The predicted octanol–water partition coefficient (Wildman–Crippen LogP) is 1.21. The number of aliphatic hydroxyl groups is 1. The van der Waals surface area contributed by atoms with Gasteiger partial charge in [-0.2, -0.15) is 0 Å². The lowest BCUT2D eigenvalue weighted by atomic mass is 10.1. The molecule has 0 spiro atoms. The summed E-state index contributed by atoms with van der Waals surface area (Å²) in [6.07, 6.45) is 1.53. The highest BCUT2D eigenvalue weighted by Crippen LogP contribution is 2.14. The molecule has 0 amide bonds. The molecule has 0 fully saturated rings. The third-order valence-corrected chi connectivity index (χ3v) is 2.39. The van der Waals surface area contributed by atoms with Crippen LogP contribution >= 0.6 is 11.5 Å². The monoisotopic (exact) mass is 207 g/mol. The lowest BCUT2D eigenvalue weighted by molar-refractivity contribution is 0.172. The number of hydrogen-bond acceptors (Lipinski definition) is 5. The molecule has 1 unspecified atom stereocenters. The zero-order chi connectivity index (χ0) is 9.80. The highest BCUT2D eigenvalue weighted by molar-refractivity contribution is 7.03. The van der Waals surface area contributed by atoms with E-state index < -0.39 is 6.10 Å². The maximum atomic E-state index is 9.77. The second kappa shape index (κ2) is 4.26. The van der Waals surface area contributed by atoms with E-state index in [4.69, 9.17) is 0 Å². The summed E-state index contributed by atoms with van der Waals surface area (Å²) in [7, 11) is 0. The van der Waals surface area contributed by atoms with Gasteiger partial charge in [-0.3, -0.25) is 4.98 Å². The maximum Gasteiger partial charge on any atom is 0.102 e. The summed E-state index contributed by atoms with van der Waals surface area (Å²) < 4.78 is 3.73. The molecule has 72 valence electrons. The van der Waals surface area contributed by atoms with Crippen LogP contribution in [-0.2, 0) is 6.42 Å². The summed E-state index contributed by atoms with van der Waals surface area (Å²) in [5, 5.41) is 15.5. The van der Waals surface area contributed by atoms with Gasteiger partial charge in [-0.15, -0.1) is 5.10 Å². The molecule has 0 aliphatic carbocycles. The Balaban J connectivity index is 2.07. The van der Waals surface area contributed by atoms with E-state index in [1.165, 1.54) is 11.5 Å². The van der Waals surface area contributed by atoms with E-state index in [-0.39, 0.29) is 0 Å². The molecular weight excluding hydrogens is 198 g/mol. The fourth-order valence-corrected chi connectivity index (χ4v) is 1.61. The van der Waals surface area contributed by atoms with Gasteiger partial charge in [0.15, 0.2) is 0 Å². The van der Waals surface area contributed by atoms with Crippen molar-refractivity contribution in [2.24, 2.45) is 0 Å². The van der Waals surface area contributed by atoms with Crippen LogP contribution in [0.5, 0.6) is 0 Å². The number of pyridine rings is 1. The van der Waals surface area contributed by atoms with Crippen molar-refractivity contribution in [3.8, 4) is 0 Å². The zero-order valence-electron chi connectivity index (χ0n) is 7.37. The molecule has 0 aliphatic heterocycles. The van der Waals surface area contributed by atoms with Crippen LogP contribution in [0.4, 0.5) is 0 Å². The van der Waals surface area contributed by atoms with E-state index >= 15 is 0 Å². The minimum Gasteiger partial charge on any atom is -0.386 e. The van der Waals surface area contributed by atoms with Crippen molar-refractivity contribution in [3.63, 3.8) is 0 Å². The Kier molecular flexibility index (Phi) is 2.81. The smallest absolute Gasteiger partial charge is 0.102 e. The van der Waals surface area contributed by atoms with Crippen molar-refractivity contribution in [2.75, 3.05) is 0 Å². The van der Waals surface area contributed by atoms with Crippen LogP contribution in [0.1, 0.15) is 17.5 Å². The van der Waals surface area contributed by atoms with Crippen LogP contribution in [0, 0.1) is 0 Å². The lowest BCUT2D eigenvalue weighted by Crippen LogP contribution is -2.03. The number of nitrogens with zero attached hydrogens (tertiary/aromatic N) is 3. The molecule has 0 saturated carbocycles. The summed E-state index contributed by atoms with van der Waals surface area (Å²) >= 11 is 1.28. The molecular formula is C9H9N3OS. The Bertz CT molecular complexity index is 376. The molecule has 0 radical (unpaired) electrons. The molecule has 0 saturated heterocycles. The van der Waals surface area contributed by atoms with Crippen LogP contribution < -0.4 is 0 Å². The number of rotatable bonds is 3. The first-order valence-electron chi connectivity index (χ1n) is 4.21. The van der Waals surface area contributed by atoms with Crippen molar-refractivity contribution in [3.05, 3.63) is 41.2 Å². The molecule has 0 bridgehead atoms. The SMILES string of the molecule is OC(Cc1csnn1)c1ccccn1. The van der Waals surface area contributed by atoms with Crippen molar-refractivity contribution in [1.82, 2.24) is 14.6 Å². The zero-order valence-corrected chi connectivity index (χ0v) is 8.18. The third kappa shape index (κ3) is 2.12. The van der Waals surface area contributed by atoms with E-state index in [0.717, 1.165) is 5.69 Å². The lowest BCUT2D eigenvalue weighted by Gasteiger charge is -2.06. The Labute approximate surface area is 85.4 Å². The van der Waals surface area contributed by atoms with Crippen molar-refractivity contribution >= 4 is 11.5 Å². The number of hydrogen-bond donors (Lipinski definition) is 1. The first kappa shape index (κ1) is 9.23. The van der Waals surface area contributed by atoms with Crippen LogP contribution in [0.25, 0.3) is 0 Å². The van der Waals surface area contributed by atoms with Gasteiger partial charge in [0.25, 0.3) is 0 Å². The highest BCUT2D eigenvalue weighted by atomic mass is 32.1. The molecule has 2 aromatic rings. The summed E-state index contributed by atoms with van der Waals surface area (Å²) in [5.74, 6) is 0. The standard InChI is InChI=1S/C9H9N3OS/c13-9(5-7-6-14-12-11-7)8-3-1-2-4-10-8/h1-4,6,9,13H,5H2. The van der Waals surface area contributed by atoms with Crippen LogP contribution in [0.3, 0.4) is 0 Å². The Morgan fingerprint density at radius 2 is 2.36 bits per heavy atom. The first-order chi connectivity index (χ1) is 6.86. The maximum absolute atomic E-state index is 9.77. The van der Waals surface area contributed by atoms with Gasteiger partial charge < -0.3 is 5.11 Å². The first-order valence-corrected chi connectivity index (χ1v) is 5.05. The Morgan fingerprint density at radius 1 is 1.43 bits per heavy atom. The van der Waals surface area contributed by atoms with Crippen LogP contribution in [-0.4, -0.2) is 19.7 Å². The van der Waals surface area contributed by atoms with E-state index in [0.29, 0.717) is 12.1 Å². The van der Waals surface area contributed by atoms with E-state index in [2.05, 4.69) is 14.6 Å². The van der Waals surface area contributed by atoms with Gasteiger partial charge in [0, 0.05) is 18.0 Å². The summed E-state index contributed by atoms with van der Waals surface area (Å²) in [6, 6.07) is 5.47. The summed E-state index contributed by atoms with van der Waals surface area (Å²) in [5.41, 5.74) is 1.47. The molecule has 0 aliphatic rings. The van der Waals surface area contributed by atoms with Gasteiger partial charge in [-0.1, -0.05) is 10.6 Å². The average molecular weight is 207 g/mol. The molecule has 0 aromatic carbocycles. The van der Waals surface area contributed by atoms with Gasteiger partial charge in [0.1, 0.15) is 6.10 Å². The molecule has 2 aromatic heterocycles. The fraction of sp³-hybridized carbons (Fsp3) is 0.222. The Morgan fingerprint density at radius 3 is 3.00 bits per heavy atom. The van der Waals surface area contributed by atoms with Gasteiger partial charge in [0.2, 0.25) is 0 Å². The second-order valence-corrected chi connectivity index (χ2v) is 3.48. The highest BCUT2D eigenvalue weighted by Gasteiger charge is 2.10. The Hall–Kier alpha value is -1.33. The van der Waals surface area contributed by atoms with Gasteiger partial charge >= 0.3 is 0 Å². The molecule has 2 rings (SSSR count). The average Bonchev–Trinajstić information content (AvgIpc) is 2.72. The van der Waals surface area contributed by atoms with Gasteiger partial charge in [-0.05, 0) is 23.7 Å². The van der Waals surface area contributed by atoms with E-state index in [1.807, 2.05) is 17.5 Å². The molecule has 4 nitrogen and oxygen atoms in total. The fourth-order valence-electron chi connectivity index (χ4n) is 1.15. The van der Waals surface area contributed by atoms with Crippen molar-refractivity contribution in [2.45, 2.75) is 12.5 Å². The molecule has 1 N–H and O–H groups in total. The van der Waals surface area contributed by atoms with E-state index in [9.17, 15) is 5.11 Å². The number of aliphatic hydroxyl groups excluding tert-OH is 1. The molecule has 1 atom stereocenters. The topological polar surface area (TPSA) is 58.9 Å². The molecule has 14 heavy (non-hydrogen) atoms. The minimum atomic E-state index is -0.597. The predicted molar refractivity (Wildman–Crippen MR) is 52.8 cm³/mol. The van der Waals surface area contributed by atoms with Crippen molar-refractivity contribution in [1.29, 1.82) is 0 Å².